The van der Waals surface area contributed by atoms with Gasteiger partial charge in [-0.1, -0.05) is 33.3 Å². The van der Waals surface area contributed by atoms with Crippen molar-refractivity contribution < 1.29 is 5.11 Å². The molecule has 0 bridgehead atoms. The lowest BCUT2D eigenvalue weighted by Gasteiger charge is -1.83. The maximum atomic E-state index is 8.76. The Morgan fingerprint density at radius 3 is 2.00 bits per heavy atom. The van der Waals surface area contributed by atoms with E-state index in [1.165, 1.54) is 6.42 Å². The van der Waals surface area contributed by atoms with Crippen molar-refractivity contribution in [3.63, 3.8) is 0 Å². The zero-order valence-corrected chi connectivity index (χ0v) is 8.09. The van der Waals surface area contributed by atoms with Crippen molar-refractivity contribution >= 4 is 0 Å². The number of hydrogen-bond donors (Lipinski definition) is 1. The maximum Gasteiger partial charge on any atom is 0.110 e. The van der Waals surface area contributed by atoms with Crippen LogP contribution in [0.5, 0.6) is 0 Å². The molecule has 0 aromatic carbocycles. The molecule has 1 N–H and O–H groups in total. The van der Waals surface area contributed by atoms with E-state index in [1.807, 2.05) is 13.0 Å². The Labute approximate surface area is 70.4 Å². The SMILES string of the molecule is C/C=C(O)\C=C/CC.CCC. The second-order valence-corrected chi connectivity index (χ2v) is 2.23. The van der Waals surface area contributed by atoms with E-state index >= 15 is 0 Å². The third kappa shape index (κ3) is 17.6. The smallest absolute Gasteiger partial charge is 0.110 e. The van der Waals surface area contributed by atoms with Gasteiger partial charge in [-0.05, 0) is 25.5 Å². The molecule has 0 unspecified atom stereocenters. The lowest BCUT2D eigenvalue weighted by Crippen LogP contribution is -1.68. The Kier molecular flexibility index (Phi) is 14.1. The summed E-state index contributed by atoms with van der Waals surface area (Å²) in [5.74, 6) is 0.340. The normalized spacial score (nSPS) is 11.1. The van der Waals surface area contributed by atoms with Crippen LogP contribution in [0.25, 0.3) is 0 Å². The van der Waals surface area contributed by atoms with Crippen LogP contribution in [0.3, 0.4) is 0 Å². The minimum atomic E-state index is 0.340. The van der Waals surface area contributed by atoms with Gasteiger partial charge in [0.25, 0.3) is 0 Å². The average Bonchev–Trinajstić information content (AvgIpc) is 2.02. The molecule has 0 aliphatic rings. The monoisotopic (exact) mass is 156 g/mol. The first-order valence-corrected chi connectivity index (χ1v) is 4.24. The molecule has 0 radical (unpaired) electrons. The lowest BCUT2D eigenvalue weighted by atomic mass is 10.3. The largest absolute Gasteiger partial charge is 0.508 e. The van der Waals surface area contributed by atoms with Crippen molar-refractivity contribution in [3.8, 4) is 0 Å². The molecule has 0 spiro atoms. The molecule has 0 saturated heterocycles. The van der Waals surface area contributed by atoms with Crippen molar-refractivity contribution in [2.24, 2.45) is 0 Å². The molecule has 0 atom stereocenters. The first kappa shape index (κ1) is 12.9. The standard InChI is InChI=1S/C7H12O.C3H8/c1-3-5-6-7(8)4-2;1-3-2/h4-6,8H,3H2,1-2H3;3H2,1-2H3/b6-5-,7-4+;. The van der Waals surface area contributed by atoms with Crippen molar-refractivity contribution in [1.29, 1.82) is 0 Å². The highest BCUT2D eigenvalue weighted by Crippen LogP contribution is 1.90. The summed E-state index contributed by atoms with van der Waals surface area (Å²) in [7, 11) is 0. The predicted octanol–water partition coefficient (Wildman–Crippen LogP) is 3.83. The second-order valence-electron chi connectivity index (χ2n) is 2.23. The maximum absolute atomic E-state index is 8.76. The number of aliphatic hydroxyl groups excluding tert-OH is 1. The fraction of sp³-hybridized carbons (Fsp3) is 0.600. The van der Waals surface area contributed by atoms with Gasteiger partial charge in [-0.25, -0.2) is 0 Å². The Balaban J connectivity index is 0. The molecule has 1 heteroatoms. The van der Waals surface area contributed by atoms with Gasteiger partial charge in [-0.15, -0.1) is 0 Å². The quantitative estimate of drug-likeness (QED) is 0.476. The summed E-state index contributed by atoms with van der Waals surface area (Å²) in [6, 6.07) is 0. The fourth-order valence-corrected chi connectivity index (χ4v) is 0.335. The van der Waals surface area contributed by atoms with Gasteiger partial charge in [-0.3, -0.25) is 0 Å². The second kappa shape index (κ2) is 12.0. The van der Waals surface area contributed by atoms with Gasteiger partial charge in [0, 0.05) is 0 Å². The van der Waals surface area contributed by atoms with E-state index in [-0.39, 0.29) is 0 Å². The first-order valence-electron chi connectivity index (χ1n) is 4.24. The molecule has 0 aromatic rings. The molecule has 0 aromatic heterocycles. The Morgan fingerprint density at radius 1 is 1.27 bits per heavy atom. The van der Waals surface area contributed by atoms with E-state index in [2.05, 4.69) is 13.8 Å². The van der Waals surface area contributed by atoms with Gasteiger partial charge in [-0.2, -0.15) is 0 Å². The summed E-state index contributed by atoms with van der Waals surface area (Å²) in [6.07, 6.45) is 7.49. The highest BCUT2D eigenvalue weighted by atomic mass is 16.3. The van der Waals surface area contributed by atoms with Crippen LogP contribution in [0.4, 0.5) is 0 Å². The van der Waals surface area contributed by atoms with Crippen LogP contribution < -0.4 is 0 Å². The van der Waals surface area contributed by atoms with Crippen molar-refractivity contribution in [3.05, 3.63) is 24.0 Å². The van der Waals surface area contributed by atoms with Crippen LogP contribution in [-0.2, 0) is 0 Å². The number of hydrogen-bond acceptors (Lipinski definition) is 1. The molecule has 1 nitrogen and oxygen atoms in total. The van der Waals surface area contributed by atoms with Gasteiger partial charge in [0.05, 0.1) is 0 Å². The molecule has 66 valence electrons. The van der Waals surface area contributed by atoms with E-state index < -0.39 is 0 Å². The van der Waals surface area contributed by atoms with Gasteiger partial charge >= 0.3 is 0 Å². The van der Waals surface area contributed by atoms with E-state index in [0.717, 1.165) is 6.42 Å². The van der Waals surface area contributed by atoms with Crippen LogP contribution in [0, 0.1) is 0 Å². The van der Waals surface area contributed by atoms with Gasteiger partial charge in [0.15, 0.2) is 0 Å². The molecule has 0 rings (SSSR count). The molecule has 0 aliphatic carbocycles. The Morgan fingerprint density at radius 2 is 1.73 bits per heavy atom. The number of rotatable bonds is 2. The molecule has 0 saturated carbocycles. The third-order valence-electron chi connectivity index (χ3n) is 0.820. The van der Waals surface area contributed by atoms with Crippen LogP contribution >= 0.6 is 0 Å². The number of aliphatic hydroxyl groups is 1. The fourth-order valence-electron chi connectivity index (χ4n) is 0.335. The minimum absolute atomic E-state index is 0.340. The van der Waals surface area contributed by atoms with Crippen LogP contribution in [0.15, 0.2) is 24.0 Å². The molecule has 0 heterocycles. The van der Waals surface area contributed by atoms with E-state index in [9.17, 15) is 0 Å². The summed E-state index contributed by atoms with van der Waals surface area (Å²) < 4.78 is 0. The Bertz CT molecular complexity index is 112. The predicted molar refractivity (Wildman–Crippen MR) is 51.8 cm³/mol. The van der Waals surface area contributed by atoms with Crippen molar-refractivity contribution in [2.75, 3.05) is 0 Å². The summed E-state index contributed by atoms with van der Waals surface area (Å²) >= 11 is 0. The summed E-state index contributed by atoms with van der Waals surface area (Å²) in [4.78, 5) is 0. The average molecular weight is 156 g/mol. The molecular formula is C10H20O. The van der Waals surface area contributed by atoms with Gasteiger partial charge in [0.2, 0.25) is 0 Å². The van der Waals surface area contributed by atoms with E-state index in [4.69, 9.17) is 5.11 Å². The summed E-state index contributed by atoms with van der Waals surface area (Å²) in [5, 5.41) is 8.76. The van der Waals surface area contributed by atoms with Crippen LogP contribution in [-0.4, -0.2) is 5.11 Å². The Hall–Kier alpha value is -0.720. The summed E-state index contributed by atoms with van der Waals surface area (Å²) in [5.41, 5.74) is 0. The highest BCUT2D eigenvalue weighted by molar-refractivity contribution is 5.08. The summed E-state index contributed by atoms with van der Waals surface area (Å²) in [6.45, 7) is 8.08. The topological polar surface area (TPSA) is 20.2 Å². The molecule has 0 fully saturated rings. The molecule has 0 aliphatic heterocycles. The van der Waals surface area contributed by atoms with E-state index in [1.54, 1.807) is 19.1 Å². The van der Waals surface area contributed by atoms with Crippen LogP contribution in [0.1, 0.15) is 40.5 Å². The molecular weight excluding hydrogens is 136 g/mol. The molecule has 0 amide bonds. The van der Waals surface area contributed by atoms with Crippen LogP contribution in [0.2, 0.25) is 0 Å². The van der Waals surface area contributed by atoms with Crippen molar-refractivity contribution in [2.45, 2.75) is 40.5 Å². The lowest BCUT2D eigenvalue weighted by molar-refractivity contribution is 0.431. The van der Waals surface area contributed by atoms with Gasteiger partial charge < -0.3 is 5.11 Å². The highest BCUT2D eigenvalue weighted by Gasteiger charge is 1.75. The zero-order valence-electron chi connectivity index (χ0n) is 8.09. The number of allylic oxidation sites excluding steroid dienone is 3. The van der Waals surface area contributed by atoms with E-state index in [0.29, 0.717) is 5.76 Å². The van der Waals surface area contributed by atoms with Crippen molar-refractivity contribution in [1.82, 2.24) is 0 Å². The molecule has 11 heavy (non-hydrogen) atoms. The first-order chi connectivity index (χ1) is 5.22. The third-order valence-corrected chi connectivity index (χ3v) is 0.820. The minimum Gasteiger partial charge on any atom is -0.508 e. The van der Waals surface area contributed by atoms with Gasteiger partial charge in [0.1, 0.15) is 5.76 Å². The zero-order chi connectivity index (χ0) is 9.11.